The van der Waals surface area contributed by atoms with Gasteiger partial charge in [0.1, 0.15) is 5.82 Å². The summed E-state index contributed by atoms with van der Waals surface area (Å²) in [6, 6.07) is 5.31. The number of hydrogen-bond donors (Lipinski definition) is 1. The molecule has 2 heterocycles. The fourth-order valence-corrected chi connectivity index (χ4v) is 2.86. The van der Waals surface area contributed by atoms with Gasteiger partial charge in [0.15, 0.2) is 0 Å². The maximum atomic E-state index is 12.9. The van der Waals surface area contributed by atoms with Gasteiger partial charge in [-0.1, -0.05) is 11.6 Å². The third-order valence-corrected chi connectivity index (χ3v) is 4.16. The summed E-state index contributed by atoms with van der Waals surface area (Å²) in [6.07, 6.45) is 0.471. The van der Waals surface area contributed by atoms with Crippen molar-refractivity contribution in [2.45, 2.75) is 25.4 Å². The van der Waals surface area contributed by atoms with Crippen molar-refractivity contribution in [3.8, 4) is 0 Å². The van der Waals surface area contributed by atoms with Crippen LogP contribution in [-0.2, 0) is 6.18 Å². The lowest BCUT2D eigenvalue weighted by Gasteiger charge is -2.26. The van der Waals surface area contributed by atoms with E-state index >= 15 is 0 Å². The van der Waals surface area contributed by atoms with Crippen LogP contribution in [0.3, 0.4) is 0 Å². The smallest absolute Gasteiger partial charge is 0.341 e. The van der Waals surface area contributed by atoms with Gasteiger partial charge in [-0.15, -0.1) is 0 Å². The first kappa shape index (κ1) is 16.8. The van der Waals surface area contributed by atoms with Crippen LogP contribution in [-0.4, -0.2) is 23.1 Å². The molecule has 128 valence electrons. The predicted molar refractivity (Wildman–Crippen MR) is 87.8 cm³/mol. The number of halogens is 4. The number of hydrogen-bond acceptors (Lipinski definition) is 4. The number of nitrogens with zero attached hydrogens (tertiary/aromatic N) is 3. The molecule has 3 rings (SSSR count). The van der Waals surface area contributed by atoms with E-state index in [1.165, 1.54) is 18.6 Å². The van der Waals surface area contributed by atoms with E-state index in [0.717, 1.165) is 32.0 Å². The highest BCUT2D eigenvalue weighted by atomic mass is 35.5. The van der Waals surface area contributed by atoms with Crippen molar-refractivity contribution >= 4 is 29.1 Å². The third kappa shape index (κ3) is 3.90. The normalized spacial score (nSPS) is 15.4. The van der Waals surface area contributed by atoms with Crippen molar-refractivity contribution < 1.29 is 13.2 Å². The maximum absolute atomic E-state index is 12.9. The lowest BCUT2D eigenvalue weighted by molar-refractivity contribution is -0.137. The van der Waals surface area contributed by atoms with Gasteiger partial charge < -0.3 is 10.2 Å². The lowest BCUT2D eigenvalue weighted by Crippen LogP contribution is -2.31. The Labute approximate surface area is 142 Å². The van der Waals surface area contributed by atoms with Gasteiger partial charge in [0, 0.05) is 25.0 Å². The molecule has 0 atom stereocenters. The molecule has 0 unspecified atom stereocenters. The zero-order chi connectivity index (χ0) is 17.2. The molecule has 1 aromatic carbocycles. The molecule has 0 amide bonds. The first-order valence-corrected chi connectivity index (χ1v) is 8.03. The molecule has 8 heteroatoms. The minimum Gasteiger partial charge on any atom is -0.341 e. The topological polar surface area (TPSA) is 41.1 Å². The summed E-state index contributed by atoms with van der Waals surface area (Å²) in [4.78, 5) is 10.7. The standard InChI is InChI=1S/C16H16ClF3N4/c17-13-5-4-11(10-12(13)16(18,19)20)22-14-6-7-21-15(23-14)24-8-2-1-3-9-24/h4-7,10H,1-3,8-9H2,(H,21,22,23). The summed E-state index contributed by atoms with van der Waals surface area (Å²) in [5.41, 5.74) is -0.602. The molecule has 24 heavy (non-hydrogen) atoms. The van der Waals surface area contributed by atoms with E-state index in [9.17, 15) is 13.2 Å². The van der Waals surface area contributed by atoms with Crippen molar-refractivity contribution in [1.29, 1.82) is 0 Å². The Hall–Kier alpha value is -2.02. The highest BCUT2D eigenvalue weighted by Gasteiger charge is 2.33. The molecule has 1 N–H and O–H groups in total. The molecule has 0 saturated carbocycles. The number of piperidine rings is 1. The first-order chi connectivity index (χ1) is 11.4. The van der Waals surface area contributed by atoms with Gasteiger partial charge >= 0.3 is 6.18 Å². The second-order valence-corrected chi connectivity index (χ2v) is 6.01. The summed E-state index contributed by atoms with van der Waals surface area (Å²) in [5, 5.41) is 2.56. The maximum Gasteiger partial charge on any atom is 0.417 e. The van der Waals surface area contributed by atoms with Crippen molar-refractivity contribution in [3.05, 3.63) is 41.0 Å². The Bertz CT molecular complexity index is 715. The molecule has 1 aliphatic heterocycles. The number of alkyl halides is 3. The third-order valence-electron chi connectivity index (χ3n) is 3.83. The van der Waals surface area contributed by atoms with E-state index in [1.807, 2.05) is 0 Å². The van der Waals surface area contributed by atoms with Crippen LogP contribution in [0.4, 0.5) is 30.6 Å². The van der Waals surface area contributed by atoms with E-state index in [4.69, 9.17) is 11.6 Å². The number of benzene rings is 1. The summed E-state index contributed by atoms with van der Waals surface area (Å²) < 4.78 is 38.8. The second kappa shape index (κ2) is 6.84. The molecular weight excluding hydrogens is 341 g/mol. The molecule has 0 radical (unpaired) electrons. The van der Waals surface area contributed by atoms with Crippen LogP contribution < -0.4 is 10.2 Å². The molecule has 4 nitrogen and oxygen atoms in total. The van der Waals surface area contributed by atoms with Crippen LogP contribution in [0.15, 0.2) is 30.5 Å². The summed E-state index contributed by atoms with van der Waals surface area (Å²) in [7, 11) is 0. The Morgan fingerprint density at radius 1 is 1.08 bits per heavy atom. The average molecular weight is 357 g/mol. The monoisotopic (exact) mass is 356 g/mol. The summed E-state index contributed by atoms with van der Waals surface area (Å²) in [5.74, 6) is 1.03. The van der Waals surface area contributed by atoms with Crippen molar-refractivity contribution in [3.63, 3.8) is 0 Å². The molecule has 1 aromatic heterocycles. The Kier molecular flexibility index (Phi) is 4.80. The highest BCUT2D eigenvalue weighted by molar-refractivity contribution is 6.31. The highest BCUT2D eigenvalue weighted by Crippen LogP contribution is 2.36. The number of nitrogens with one attached hydrogen (secondary N) is 1. The van der Waals surface area contributed by atoms with E-state index in [1.54, 1.807) is 12.3 Å². The average Bonchev–Trinajstić information content (AvgIpc) is 2.57. The molecule has 0 spiro atoms. The van der Waals surface area contributed by atoms with Gasteiger partial charge in [-0.3, -0.25) is 0 Å². The van der Waals surface area contributed by atoms with Crippen molar-refractivity contribution in [2.24, 2.45) is 0 Å². The van der Waals surface area contributed by atoms with Gasteiger partial charge in [-0.05, 0) is 43.5 Å². The number of anilines is 3. The van der Waals surface area contributed by atoms with Crippen molar-refractivity contribution in [2.75, 3.05) is 23.3 Å². The predicted octanol–water partition coefficient (Wildman–Crippen LogP) is 4.88. The Morgan fingerprint density at radius 2 is 1.83 bits per heavy atom. The SMILES string of the molecule is FC(F)(F)c1cc(Nc2ccnc(N3CCCCC3)n2)ccc1Cl. The van der Waals surface area contributed by atoms with Crippen LogP contribution in [0.1, 0.15) is 24.8 Å². The second-order valence-electron chi connectivity index (χ2n) is 5.61. The number of aromatic nitrogens is 2. The molecule has 1 aliphatic rings. The first-order valence-electron chi connectivity index (χ1n) is 7.65. The van der Waals surface area contributed by atoms with E-state index in [0.29, 0.717) is 11.8 Å². The van der Waals surface area contributed by atoms with Gasteiger partial charge in [-0.25, -0.2) is 4.98 Å². The van der Waals surface area contributed by atoms with Crippen LogP contribution in [0.5, 0.6) is 0 Å². The summed E-state index contributed by atoms with van der Waals surface area (Å²) >= 11 is 5.63. The van der Waals surface area contributed by atoms with Gasteiger partial charge in [0.2, 0.25) is 5.95 Å². The molecule has 0 aliphatic carbocycles. The minimum atomic E-state index is -4.50. The Balaban J connectivity index is 1.81. The van der Waals surface area contributed by atoms with Gasteiger partial charge in [0.05, 0.1) is 10.6 Å². The van der Waals surface area contributed by atoms with Crippen LogP contribution in [0.25, 0.3) is 0 Å². The fraction of sp³-hybridized carbons (Fsp3) is 0.375. The fourth-order valence-electron chi connectivity index (χ4n) is 2.63. The zero-order valence-electron chi connectivity index (χ0n) is 12.8. The molecule has 2 aromatic rings. The summed E-state index contributed by atoms with van der Waals surface area (Å²) in [6.45, 7) is 1.78. The van der Waals surface area contributed by atoms with Gasteiger partial charge in [-0.2, -0.15) is 18.2 Å². The quantitative estimate of drug-likeness (QED) is 0.850. The van der Waals surface area contributed by atoms with E-state index < -0.39 is 11.7 Å². The van der Waals surface area contributed by atoms with Crippen LogP contribution in [0, 0.1) is 0 Å². The van der Waals surface area contributed by atoms with Crippen LogP contribution in [0.2, 0.25) is 5.02 Å². The zero-order valence-corrected chi connectivity index (χ0v) is 13.5. The number of rotatable bonds is 3. The molecular formula is C16H16ClF3N4. The lowest BCUT2D eigenvalue weighted by atomic mass is 10.1. The molecule has 1 fully saturated rings. The van der Waals surface area contributed by atoms with E-state index in [-0.39, 0.29) is 10.7 Å². The molecule has 1 saturated heterocycles. The van der Waals surface area contributed by atoms with Gasteiger partial charge in [0.25, 0.3) is 0 Å². The van der Waals surface area contributed by atoms with E-state index in [2.05, 4.69) is 20.2 Å². The Morgan fingerprint density at radius 3 is 2.54 bits per heavy atom. The largest absolute Gasteiger partial charge is 0.417 e. The van der Waals surface area contributed by atoms with Crippen molar-refractivity contribution in [1.82, 2.24) is 9.97 Å². The van der Waals surface area contributed by atoms with Crippen LogP contribution >= 0.6 is 11.6 Å². The minimum absolute atomic E-state index is 0.273. The molecule has 0 bridgehead atoms.